The summed E-state index contributed by atoms with van der Waals surface area (Å²) < 4.78 is 5.40. The summed E-state index contributed by atoms with van der Waals surface area (Å²) in [7, 11) is 0. The number of aromatic nitrogens is 2. The third-order valence-corrected chi connectivity index (χ3v) is 4.22. The van der Waals surface area contributed by atoms with Crippen LogP contribution in [0.2, 0.25) is 0 Å². The van der Waals surface area contributed by atoms with Crippen LogP contribution < -0.4 is 10.6 Å². The highest BCUT2D eigenvalue weighted by atomic mass is 32.2. The summed E-state index contributed by atoms with van der Waals surface area (Å²) in [6.07, 6.45) is 0. The Morgan fingerprint density at radius 3 is 2.73 bits per heavy atom. The van der Waals surface area contributed by atoms with Crippen LogP contribution in [0.25, 0.3) is 0 Å². The maximum atomic E-state index is 11.8. The van der Waals surface area contributed by atoms with Gasteiger partial charge in [0.15, 0.2) is 4.34 Å². The molecule has 0 saturated carbocycles. The van der Waals surface area contributed by atoms with Gasteiger partial charge in [0.1, 0.15) is 0 Å². The molecule has 2 rings (SSSR count). The van der Waals surface area contributed by atoms with Crippen molar-refractivity contribution in [3.8, 4) is 0 Å². The van der Waals surface area contributed by atoms with Gasteiger partial charge in [-0.25, -0.2) is 4.79 Å². The molecule has 0 bridgehead atoms. The number of amides is 2. The summed E-state index contributed by atoms with van der Waals surface area (Å²) in [5.41, 5.74) is 0.682. The van der Waals surface area contributed by atoms with E-state index in [1.165, 1.54) is 23.1 Å². The molecule has 116 valence electrons. The van der Waals surface area contributed by atoms with E-state index in [0.717, 1.165) is 0 Å². The van der Waals surface area contributed by atoms with Gasteiger partial charge in [-0.05, 0) is 19.1 Å². The van der Waals surface area contributed by atoms with Crippen molar-refractivity contribution in [2.45, 2.75) is 11.3 Å². The summed E-state index contributed by atoms with van der Waals surface area (Å²) in [5, 5.41) is 13.4. The van der Waals surface area contributed by atoms with Crippen molar-refractivity contribution < 1.29 is 14.3 Å². The quantitative estimate of drug-likeness (QED) is 0.478. The van der Waals surface area contributed by atoms with Crippen molar-refractivity contribution in [2.24, 2.45) is 0 Å². The van der Waals surface area contributed by atoms with Gasteiger partial charge in [-0.15, -0.1) is 10.2 Å². The first-order chi connectivity index (χ1) is 10.7. The number of hydrogen-bond donors (Lipinski definition) is 2. The molecular weight excluding hydrogens is 324 g/mol. The smallest absolute Gasteiger partial charge is 0.325 e. The zero-order valence-electron chi connectivity index (χ0n) is 11.7. The number of nitrogens with one attached hydrogen (secondary N) is 2. The van der Waals surface area contributed by atoms with Gasteiger partial charge in [-0.1, -0.05) is 41.3 Å². The molecule has 0 atom stereocenters. The molecule has 2 amide bonds. The molecule has 2 aromatic rings. The van der Waals surface area contributed by atoms with E-state index in [-0.39, 0.29) is 11.7 Å². The van der Waals surface area contributed by atoms with Gasteiger partial charge in [0.2, 0.25) is 5.13 Å². The van der Waals surface area contributed by atoms with Gasteiger partial charge in [0.25, 0.3) is 0 Å². The van der Waals surface area contributed by atoms with Crippen molar-refractivity contribution in [1.82, 2.24) is 10.2 Å². The zero-order valence-corrected chi connectivity index (χ0v) is 13.4. The summed E-state index contributed by atoms with van der Waals surface area (Å²) in [4.78, 5) is 23.0. The zero-order chi connectivity index (χ0) is 15.8. The van der Waals surface area contributed by atoms with Gasteiger partial charge in [-0.3, -0.25) is 10.1 Å². The Labute approximate surface area is 135 Å². The molecule has 22 heavy (non-hydrogen) atoms. The molecule has 0 aliphatic rings. The minimum atomic E-state index is -0.399. The number of carbonyl (C=O) groups is 2. The molecule has 0 fully saturated rings. The third kappa shape index (κ3) is 5.34. The lowest BCUT2D eigenvalue weighted by Gasteiger charge is -2.03. The fourth-order valence-corrected chi connectivity index (χ4v) is 2.97. The Bertz CT molecular complexity index is 633. The Kier molecular flexibility index (Phi) is 6.16. The van der Waals surface area contributed by atoms with E-state index in [1.54, 1.807) is 19.1 Å². The van der Waals surface area contributed by atoms with E-state index >= 15 is 0 Å². The second kappa shape index (κ2) is 8.35. The van der Waals surface area contributed by atoms with E-state index in [2.05, 4.69) is 20.8 Å². The van der Waals surface area contributed by atoms with Crippen LogP contribution in [0, 0.1) is 0 Å². The molecule has 0 spiro atoms. The van der Waals surface area contributed by atoms with Crippen molar-refractivity contribution in [2.75, 3.05) is 23.0 Å². The lowest BCUT2D eigenvalue weighted by atomic mass is 10.3. The third-order valence-electron chi connectivity index (χ3n) is 2.28. The number of nitrogens with zero attached hydrogens (tertiary/aromatic N) is 2. The van der Waals surface area contributed by atoms with Gasteiger partial charge in [0, 0.05) is 5.69 Å². The van der Waals surface area contributed by atoms with Crippen LogP contribution in [0.1, 0.15) is 6.92 Å². The Morgan fingerprint density at radius 2 is 2.00 bits per heavy atom. The van der Waals surface area contributed by atoms with E-state index < -0.39 is 6.03 Å². The number of anilines is 2. The number of hydrogen-bond acceptors (Lipinski definition) is 7. The lowest BCUT2D eigenvalue weighted by Crippen LogP contribution is -2.19. The maximum absolute atomic E-state index is 11.8. The molecule has 0 saturated heterocycles. The van der Waals surface area contributed by atoms with Crippen LogP contribution in [0.3, 0.4) is 0 Å². The average Bonchev–Trinajstić information content (AvgIpc) is 2.94. The summed E-state index contributed by atoms with van der Waals surface area (Å²) in [6.45, 7) is 2.10. The van der Waals surface area contributed by atoms with Gasteiger partial charge in [0.05, 0.1) is 12.4 Å². The number of esters is 1. The molecule has 7 nitrogen and oxygen atoms in total. The first-order valence-corrected chi connectivity index (χ1v) is 8.22. The standard InChI is InChI=1S/C13H14N4O3S2/c1-2-20-10(18)8-21-13-17-16-12(22-13)15-11(19)14-9-6-4-3-5-7-9/h3-7H,2,8H2,1H3,(H2,14,15,16,19). The predicted octanol–water partition coefficient (Wildman–Crippen LogP) is 2.84. The topological polar surface area (TPSA) is 93.2 Å². The molecule has 1 aromatic heterocycles. The van der Waals surface area contributed by atoms with Crippen molar-refractivity contribution >= 4 is 45.9 Å². The van der Waals surface area contributed by atoms with Crippen LogP contribution >= 0.6 is 23.1 Å². The van der Waals surface area contributed by atoms with E-state index in [0.29, 0.717) is 21.8 Å². The van der Waals surface area contributed by atoms with Crippen LogP contribution in [-0.4, -0.2) is 34.6 Å². The van der Waals surface area contributed by atoms with Gasteiger partial charge in [-0.2, -0.15) is 0 Å². The summed E-state index contributed by atoms with van der Waals surface area (Å²) in [5.74, 6) is -0.141. The van der Waals surface area contributed by atoms with Gasteiger partial charge < -0.3 is 10.1 Å². The highest BCUT2D eigenvalue weighted by molar-refractivity contribution is 8.01. The first-order valence-electron chi connectivity index (χ1n) is 6.42. The fourth-order valence-electron chi connectivity index (χ4n) is 1.42. The lowest BCUT2D eigenvalue weighted by molar-refractivity contribution is -0.139. The summed E-state index contributed by atoms with van der Waals surface area (Å²) >= 11 is 2.41. The minimum Gasteiger partial charge on any atom is -0.465 e. The molecule has 1 aromatic carbocycles. The number of urea groups is 1. The molecule has 0 aliphatic carbocycles. The molecular formula is C13H14N4O3S2. The molecule has 0 unspecified atom stereocenters. The second-order valence-electron chi connectivity index (χ2n) is 3.91. The van der Waals surface area contributed by atoms with Gasteiger partial charge >= 0.3 is 12.0 Å². The predicted molar refractivity (Wildman–Crippen MR) is 86.3 cm³/mol. The molecule has 0 aliphatic heterocycles. The maximum Gasteiger partial charge on any atom is 0.325 e. The number of rotatable bonds is 6. The molecule has 9 heteroatoms. The van der Waals surface area contributed by atoms with Crippen LogP contribution in [-0.2, 0) is 9.53 Å². The molecule has 2 N–H and O–H groups in total. The number of ether oxygens (including phenoxy) is 1. The fraction of sp³-hybridized carbons (Fsp3) is 0.231. The normalized spacial score (nSPS) is 10.0. The van der Waals surface area contributed by atoms with E-state index in [9.17, 15) is 9.59 Å². The van der Waals surface area contributed by atoms with Crippen LogP contribution in [0.15, 0.2) is 34.7 Å². The largest absolute Gasteiger partial charge is 0.465 e. The number of thioether (sulfide) groups is 1. The molecule has 1 heterocycles. The Hall–Kier alpha value is -2.13. The number of carbonyl (C=O) groups excluding carboxylic acids is 2. The Morgan fingerprint density at radius 1 is 1.23 bits per heavy atom. The van der Waals surface area contributed by atoms with Crippen LogP contribution in [0.5, 0.6) is 0 Å². The SMILES string of the molecule is CCOC(=O)CSc1nnc(NC(=O)Nc2ccccc2)s1. The van der Waals surface area contributed by atoms with E-state index in [4.69, 9.17) is 4.74 Å². The number of benzene rings is 1. The van der Waals surface area contributed by atoms with Crippen molar-refractivity contribution in [1.29, 1.82) is 0 Å². The average molecular weight is 338 g/mol. The highest BCUT2D eigenvalue weighted by Gasteiger charge is 2.10. The van der Waals surface area contributed by atoms with Crippen molar-refractivity contribution in [3.63, 3.8) is 0 Å². The van der Waals surface area contributed by atoms with Crippen molar-refractivity contribution in [3.05, 3.63) is 30.3 Å². The molecule has 0 radical (unpaired) electrons. The van der Waals surface area contributed by atoms with Crippen LogP contribution in [0.4, 0.5) is 15.6 Å². The number of para-hydroxylation sites is 1. The highest BCUT2D eigenvalue weighted by Crippen LogP contribution is 2.25. The Balaban J connectivity index is 1.81. The second-order valence-corrected chi connectivity index (χ2v) is 6.11. The van der Waals surface area contributed by atoms with E-state index in [1.807, 2.05) is 18.2 Å². The minimum absolute atomic E-state index is 0.165. The summed E-state index contributed by atoms with van der Waals surface area (Å²) in [6, 6.07) is 8.67. The first kappa shape index (κ1) is 16.2. The monoisotopic (exact) mass is 338 g/mol.